The zero-order valence-corrected chi connectivity index (χ0v) is 27.0. The van der Waals surface area contributed by atoms with Gasteiger partial charge in [0.05, 0.1) is 32.7 Å². The lowest BCUT2D eigenvalue weighted by Gasteiger charge is -2.47. The number of rotatable bonds is 7. The highest BCUT2D eigenvalue weighted by atomic mass is 32.2. The number of carbonyl (C=O) groups is 1. The van der Waals surface area contributed by atoms with Crippen LogP contribution in [0.3, 0.4) is 0 Å². The molecule has 2 fully saturated rings. The lowest BCUT2D eigenvalue weighted by atomic mass is 9.61. The highest BCUT2D eigenvalue weighted by Gasteiger charge is 2.53. The number of Topliss-reactive ketones (excluding diaryl/α,β-unsaturated/α-hetero) is 1. The molecule has 7 rings (SSSR count). The van der Waals surface area contributed by atoms with Gasteiger partial charge in [-0.3, -0.25) is 9.48 Å². The van der Waals surface area contributed by atoms with Gasteiger partial charge in [0, 0.05) is 30.2 Å². The standard InChI is InChI=1S/C32H36FN7O2S2/c1-31(2,3)27-18-34-29(43-27)28(41)32-15-20-17-36-39(23-10-7-22(33)8-11-23)26(20)14-21(32)6-9-25(16-32)40(24-12-13-24)44(5,42)30-35-19-38(4)37-30/h7-8,10-11,14,17-19,24-25H,5-6,9,12-13,15-16H2,1-4H3/t25-,32-,44?/m0/s1. The van der Waals surface area contributed by atoms with Gasteiger partial charge in [-0.2, -0.15) is 5.10 Å². The van der Waals surface area contributed by atoms with Crippen LogP contribution in [0.1, 0.15) is 78.8 Å². The number of fused-ring (bicyclic) bond motifs is 2. The highest BCUT2D eigenvalue weighted by molar-refractivity contribution is 7.98. The molecule has 44 heavy (non-hydrogen) atoms. The van der Waals surface area contributed by atoms with Crippen molar-refractivity contribution >= 4 is 38.8 Å². The molecule has 3 aliphatic rings. The highest BCUT2D eigenvalue weighted by Crippen LogP contribution is 2.53. The third-order valence-electron chi connectivity index (χ3n) is 9.05. The smallest absolute Gasteiger partial charge is 0.244 e. The van der Waals surface area contributed by atoms with Gasteiger partial charge in [0.25, 0.3) is 0 Å². The topological polar surface area (TPSA) is 98.8 Å². The van der Waals surface area contributed by atoms with Gasteiger partial charge in [-0.05, 0) is 85.7 Å². The summed E-state index contributed by atoms with van der Waals surface area (Å²) in [5, 5.41) is 9.78. The first-order valence-electron chi connectivity index (χ1n) is 14.9. The number of hydrogen-bond acceptors (Lipinski definition) is 7. The molecule has 0 bridgehead atoms. The maximum absolute atomic E-state index is 14.8. The number of thiazole rings is 1. The number of carbonyl (C=O) groups excluding carboxylic acids is 1. The normalized spacial score (nSPS) is 23.1. The Morgan fingerprint density at radius 1 is 1.14 bits per heavy atom. The summed E-state index contributed by atoms with van der Waals surface area (Å²) in [4.78, 5) is 24.9. The molecule has 3 aliphatic carbocycles. The summed E-state index contributed by atoms with van der Waals surface area (Å²) in [6, 6.07) is 6.21. The average molecular weight is 634 g/mol. The van der Waals surface area contributed by atoms with Gasteiger partial charge in [-0.25, -0.2) is 27.6 Å². The lowest BCUT2D eigenvalue weighted by Crippen LogP contribution is -2.51. The summed E-state index contributed by atoms with van der Waals surface area (Å²) in [7, 11) is -1.23. The summed E-state index contributed by atoms with van der Waals surface area (Å²) in [6.45, 7) is 6.36. The van der Waals surface area contributed by atoms with Crippen molar-refractivity contribution in [2.24, 2.45) is 12.5 Å². The third-order valence-corrected chi connectivity index (χ3v) is 12.5. The number of benzene rings is 1. The van der Waals surface area contributed by atoms with E-state index < -0.39 is 15.1 Å². The molecule has 3 atom stereocenters. The zero-order chi connectivity index (χ0) is 31.0. The fraction of sp³-hybridized carbons (Fsp3) is 0.438. The Hall–Kier alpha value is -3.48. The predicted molar refractivity (Wildman–Crippen MR) is 170 cm³/mol. The second-order valence-corrected chi connectivity index (χ2v) is 16.4. The van der Waals surface area contributed by atoms with Gasteiger partial charge in [-0.15, -0.1) is 16.4 Å². The van der Waals surface area contributed by atoms with Gasteiger partial charge in [-0.1, -0.05) is 26.3 Å². The molecule has 0 amide bonds. The van der Waals surface area contributed by atoms with E-state index in [9.17, 15) is 13.4 Å². The summed E-state index contributed by atoms with van der Waals surface area (Å²) in [6.07, 6.45) is 11.5. The summed E-state index contributed by atoms with van der Waals surface area (Å²) < 4.78 is 33.5. The first kappa shape index (κ1) is 29.2. The molecule has 3 heterocycles. The monoisotopic (exact) mass is 633 g/mol. The van der Waals surface area contributed by atoms with E-state index in [4.69, 9.17) is 0 Å². The number of aryl methyl sites for hydroxylation is 1. The number of nitrogens with zero attached hydrogens (tertiary/aromatic N) is 7. The minimum atomic E-state index is -2.98. The Morgan fingerprint density at radius 3 is 2.52 bits per heavy atom. The van der Waals surface area contributed by atoms with Crippen molar-refractivity contribution < 1.29 is 13.4 Å². The maximum atomic E-state index is 14.8. The Morgan fingerprint density at radius 2 is 1.89 bits per heavy atom. The molecule has 2 saturated carbocycles. The molecular weight excluding hydrogens is 598 g/mol. The fourth-order valence-electron chi connectivity index (χ4n) is 6.69. The van der Waals surface area contributed by atoms with E-state index >= 15 is 0 Å². The van der Waals surface area contributed by atoms with Crippen LogP contribution < -0.4 is 0 Å². The number of hydrogen-bond donors (Lipinski definition) is 0. The molecular formula is C32H36FN7O2S2. The first-order chi connectivity index (χ1) is 20.9. The van der Waals surface area contributed by atoms with Crippen molar-refractivity contribution in [3.8, 4) is 5.69 Å². The van der Waals surface area contributed by atoms with Gasteiger partial charge < -0.3 is 0 Å². The molecule has 1 unspecified atom stereocenters. The number of halogens is 1. The minimum Gasteiger partial charge on any atom is -0.290 e. The first-order valence-corrected chi connectivity index (χ1v) is 17.4. The fourth-order valence-corrected chi connectivity index (χ4v) is 9.71. The molecule has 4 aromatic rings. The quantitative estimate of drug-likeness (QED) is 0.199. The van der Waals surface area contributed by atoms with Crippen LogP contribution in [0.2, 0.25) is 0 Å². The lowest BCUT2D eigenvalue weighted by molar-refractivity contribution is 0.0741. The molecule has 0 N–H and O–H groups in total. The van der Waals surface area contributed by atoms with Crippen molar-refractivity contribution in [1.82, 2.24) is 33.8 Å². The molecule has 12 heteroatoms. The number of allylic oxidation sites excluding steroid dienone is 1. The van der Waals surface area contributed by atoms with Crippen molar-refractivity contribution in [2.45, 2.75) is 82.0 Å². The summed E-state index contributed by atoms with van der Waals surface area (Å²) in [5.74, 6) is 3.88. The molecule has 230 valence electrons. The van der Waals surface area contributed by atoms with E-state index in [0.717, 1.165) is 46.7 Å². The largest absolute Gasteiger partial charge is 0.290 e. The number of ketones is 1. The molecule has 0 saturated heterocycles. The molecule has 3 aromatic heterocycles. The number of aromatic nitrogens is 6. The van der Waals surface area contributed by atoms with Crippen molar-refractivity contribution in [3.63, 3.8) is 0 Å². The van der Waals surface area contributed by atoms with E-state index in [-0.39, 0.29) is 34.3 Å². The Bertz CT molecular complexity index is 1890. The van der Waals surface area contributed by atoms with Crippen LogP contribution in [-0.4, -0.2) is 61.8 Å². The van der Waals surface area contributed by atoms with Crippen LogP contribution in [-0.2, 0) is 28.6 Å². The average Bonchev–Trinajstić information content (AvgIpc) is 3.34. The van der Waals surface area contributed by atoms with E-state index in [1.165, 1.54) is 23.5 Å². The predicted octanol–water partition coefficient (Wildman–Crippen LogP) is 5.41. The van der Waals surface area contributed by atoms with Crippen LogP contribution in [0, 0.1) is 11.2 Å². The van der Waals surface area contributed by atoms with Gasteiger partial charge >= 0.3 is 0 Å². The van der Waals surface area contributed by atoms with Crippen LogP contribution in [0.25, 0.3) is 11.8 Å². The van der Waals surface area contributed by atoms with Crippen molar-refractivity contribution in [1.29, 1.82) is 0 Å². The van der Waals surface area contributed by atoms with E-state index in [0.29, 0.717) is 24.3 Å². The van der Waals surface area contributed by atoms with Crippen LogP contribution in [0.4, 0.5) is 4.39 Å². The van der Waals surface area contributed by atoms with Crippen molar-refractivity contribution in [2.75, 3.05) is 0 Å². The Labute approximate surface area is 261 Å². The van der Waals surface area contributed by atoms with Gasteiger partial charge in [0.15, 0.2) is 5.01 Å². The van der Waals surface area contributed by atoms with E-state index in [1.807, 2.05) is 21.4 Å². The third kappa shape index (κ3) is 4.87. The summed E-state index contributed by atoms with van der Waals surface area (Å²) >= 11 is 1.46. The van der Waals surface area contributed by atoms with Gasteiger partial charge in [0.2, 0.25) is 10.9 Å². The SMILES string of the molecule is C=S(=O)(c1ncn(C)n1)N(C1CC1)[C@H]1CCC2=Cc3c(cnn3-c3ccc(F)cc3)C[C@]2(C(=O)c2ncc(C(C)(C)C)s2)C1. The molecule has 9 nitrogen and oxygen atoms in total. The van der Waals surface area contributed by atoms with Crippen LogP contribution in [0.5, 0.6) is 0 Å². The Kier molecular flexibility index (Phi) is 6.83. The van der Waals surface area contributed by atoms with E-state index in [2.05, 4.69) is 52.9 Å². The minimum absolute atomic E-state index is 0.00333. The van der Waals surface area contributed by atoms with Crippen LogP contribution >= 0.6 is 11.3 Å². The van der Waals surface area contributed by atoms with E-state index in [1.54, 1.807) is 30.2 Å². The zero-order valence-electron chi connectivity index (χ0n) is 25.4. The molecule has 1 aromatic carbocycles. The Balaban J connectivity index is 1.32. The molecule has 0 aliphatic heterocycles. The maximum Gasteiger partial charge on any atom is 0.244 e. The molecule has 0 spiro atoms. The second-order valence-electron chi connectivity index (χ2n) is 13.3. The van der Waals surface area contributed by atoms with Gasteiger partial charge in [0.1, 0.15) is 12.1 Å². The molecule has 0 radical (unpaired) electrons. The van der Waals surface area contributed by atoms with Crippen LogP contribution in [0.15, 0.2) is 53.7 Å². The summed E-state index contributed by atoms with van der Waals surface area (Å²) in [5.41, 5.74) is 2.63. The van der Waals surface area contributed by atoms with Crippen molar-refractivity contribution in [3.05, 3.63) is 75.5 Å². The second kappa shape index (κ2) is 10.3.